The molecule has 1 atom stereocenters. The Morgan fingerprint density at radius 2 is 1.76 bits per heavy atom. The van der Waals surface area contributed by atoms with Crippen LogP contribution in [-0.4, -0.2) is 23.2 Å². The lowest BCUT2D eigenvalue weighted by atomic mass is 9.87. The lowest BCUT2D eigenvalue weighted by Gasteiger charge is -2.25. The molecular weight excluding hydrogens is 396 g/mol. The Labute approximate surface area is 162 Å². The molecule has 0 aliphatic carbocycles. The second-order valence-electron chi connectivity index (χ2n) is 7.23. The van der Waals surface area contributed by atoms with E-state index in [1.165, 1.54) is 5.56 Å². The van der Waals surface area contributed by atoms with Crippen molar-refractivity contribution in [1.82, 2.24) is 4.90 Å². The predicted molar refractivity (Wildman–Crippen MR) is 110 cm³/mol. The van der Waals surface area contributed by atoms with Gasteiger partial charge in [0, 0.05) is 22.5 Å². The van der Waals surface area contributed by atoms with Gasteiger partial charge in [-0.15, -0.1) is 11.8 Å². The topological polar surface area (TPSA) is 32.3 Å². The number of halogens is 1. The number of carbonyl (C=O) groups is 1. The summed E-state index contributed by atoms with van der Waals surface area (Å²) in [6.07, 6.45) is 0. The molecule has 1 aliphatic heterocycles. The minimum absolute atomic E-state index is 0.0403. The Hall–Kier alpha value is -1.46. The number of hydrogen-bond donors (Lipinski definition) is 1. The fraction of sp³-hybridized carbons (Fsp3) is 0.350. The van der Waals surface area contributed by atoms with Crippen LogP contribution in [0, 0.1) is 0 Å². The van der Waals surface area contributed by atoms with Crippen LogP contribution in [0.3, 0.4) is 0 Å². The number of thioether (sulfide) groups is 1. The molecule has 2 aromatic rings. The molecule has 3 rings (SSSR count). The predicted octanol–water partition coefficient (Wildman–Crippen LogP) is 6.03. The first-order valence-electron chi connectivity index (χ1n) is 8.40. The van der Waals surface area contributed by atoms with Crippen LogP contribution in [0.1, 0.15) is 37.3 Å². The Kier molecular flexibility index (Phi) is 5.44. The van der Waals surface area contributed by atoms with Crippen LogP contribution in [0.5, 0.6) is 0 Å². The average Bonchev–Trinajstić information content (AvgIpc) is 3.05. The van der Waals surface area contributed by atoms with Gasteiger partial charge in [0.05, 0.1) is 0 Å². The third kappa shape index (κ3) is 4.39. The zero-order chi connectivity index (χ0) is 18.0. The first kappa shape index (κ1) is 18.3. The van der Waals surface area contributed by atoms with Gasteiger partial charge < -0.3 is 10.2 Å². The van der Waals surface area contributed by atoms with Crippen molar-refractivity contribution in [3.8, 4) is 0 Å². The maximum Gasteiger partial charge on any atom is 0.323 e. The van der Waals surface area contributed by atoms with Crippen LogP contribution >= 0.6 is 27.7 Å². The molecule has 1 heterocycles. The van der Waals surface area contributed by atoms with Crippen molar-refractivity contribution in [2.45, 2.75) is 31.6 Å². The smallest absolute Gasteiger partial charge is 0.308 e. The minimum Gasteiger partial charge on any atom is -0.308 e. The number of benzene rings is 2. The molecule has 0 bridgehead atoms. The van der Waals surface area contributed by atoms with Crippen molar-refractivity contribution in [2.24, 2.45) is 0 Å². The summed E-state index contributed by atoms with van der Waals surface area (Å²) in [6, 6.07) is 16.3. The molecule has 0 spiro atoms. The van der Waals surface area contributed by atoms with Gasteiger partial charge in [0.1, 0.15) is 5.37 Å². The number of carbonyl (C=O) groups excluding carboxylic acids is 1. The molecule has 1 N–H and O–H groups in total. The molecule has 1 aliphatic rings. The van der Waals surface area contributed by atoms with Crippen molar-refractivity contribution in [2.75, 3.05) is 17.6 Å². The Morgan fingerprint density at radius 1 is 1.12 bits per heavy atom. The normalized spacial score (nSPS) is 17.6. The number of urea groups is 1. The van der Waals surface area contributed by atoms with E-state index in [1.807, 2.05) is 29.2 Å². The van der Waals surface area contributed by atoms with Gasteiger partial charge in [-0.25, -0.2) is 4.79 Å². The van der Waals surface area contributed by atoms with Crippen molar-refractivity contribution >= 4 is 39.4 Å². The van der Waals surface area contributed by atoms with Crippen LogP contribution in [0.25, 0.3) is 0 Å². The summed E-state index contributed by atoms with van der Waals surface area (Å²) in [4.78, 5) is 14.6. The Balaban J connectivity index is 1.70. The van der Waals surface area contributed by atoms with Crippen LogP contribution in [-0.2, 0) is 5.41 Å². The zero-order valence-corrected chi connectivity index (χ0v) is 17.2. The van der Waals surface area contributed by atoms with E-state index in [9.17, 15) is 4.79 Å². The molecule has 0 radical (unpaired) electrons. The van der Waals surface area contributed by atoms with E-state index in [4.69, 9.17) is 0 Å². The number of nitrogens with zero attached hydrogens (tertiary/aromatic N) is 1. The van der Waals surface area contributed by atoms with Crippen molar-refractivity contribution in [1.29, 1.82) is 0 Å². The fourth-order valence-electron chi connectivity index (χ4n) is 2.83. The molecule has 2 aromatic carbocycles. The van der Waals surface area contributed by atoms with Gasteiger partial charge in [-0.1, -0.05) is 61.0 Å². The quantitative estimate of drug-likeness (QED) is 0.645. The van der Waals surface area contributed by atoms with Gasteiger partial charge in [-0.2, -0.15) is 0 Å². The van der Waals surface area contributed by atoms with Crippen LogP contribution in [0.15, 0.2) is 53.0 Å². The van der Waals surface area contributed by atoms with Gasteiger partial charge in [0.2, 0.25) is 0 Å². The molecule has 25 heavy (non-hydrogen) atoms. The highest BCUT2D eigenvalue weighted by molar-refractivity contribution is 9.10. The van der Waals surface area contributed by atoms with Gasteiger partial charge in [0.15, 0.2) is 0 Å². The third-order valence-corrected chi connectivity index (χ3v) is 6.10. The molecule has 1 saturated heterocycles. The van der Waals surface area contributed by atoms with Crippen molar-refractivity contribution in [3.05, 3.63) is 64.1 Å². The van der Waals surface area contributed by atoms with E-state index >= 15 is 0 Å². The summed E-state index contributed by atoms with van der Waals surface area (Å²) < 4.78 is 1.05. The minimum atomic E-state index is -0.0403. The second kappa shape index (κ2) is 7.42. The van der Waals surface area contributed by atoms with E-state index in [2.05, 4.69) is 66.3 Å². The number of rotatable bonds is 2. The second-order valence-corrected chi connectivity index (χ2v) is 9.33. The van der Waals surface area contributed by atoms with Crippen LogP contribution in [0.2, 0.25) is 0 Å². The molecule has 5 heteroatoms. The van der Waals surface area contributed by atoms with Gasteiger partial charge >= 0.3 is 6.03 Å². The largest absolute Gasteiger partial charge is 0.323 e. The summed E-state index contributed by atoms with van der Waals surface area (Å²) >= 11 is 5.27. The Bertz CT molecular complexity index is 738. The van der Waals surface area contributed by atoms with Crippen molar-refractivity contribution < 1.29 is 4.79 Å². The highest BCUT2D eigenvalue weighted by Gasteiger charge is 2.30. The number of anilines is 1. The highest BCUT2D eigenvalue weighted by atomic mass is 79.9. The van der Waals surface area contributed by atoms with Crippen molar-refractivity contribution in [3.63, 3.8) is 0 Å². The summed E-state index contributed by atoms with van der Waals surface area (Å²) in [6.45, 7) is 7.32. The summed E-state index contributed by atoms with van der Waals surface area (Å²) in [5, 5.41) is 3.11. The summed E-state index contributed by atoms with van der Waals surface area (Å²) in [5.41, 5.74) is 3.37. The van der Waals surface area contributed by atoms with Crippen LogP contribution < -0.4 is 5.32 Å². The molecule has 0 aromatic heterocycles. The highest BCUT2D eigenvalue weighted by Crippen LogP contribution is 2.38. The van der Waals surface area contributed by atoms with Gasteiger partial charge in [-0.05, 0) is 40.8 Å². The summed E-state index contributed by atoms with van der Waals surface area (Å²) in [5.74, 6) is 0.955. The van der Waals surface area contributed by atoms with E-state index < -0.39 is 0 Å². The standard InChI is InChI=1S/C20H23BrN2OS/c1-20(2,3)15-6-10-17(11-7-15)22-19(24)23-12-13-25-18(23)14-4-8-16(21)9-5-14/h4-11,18H,12-13H2,1-3H3,(H,22,24). The number of hydrogen-bond acceptors (Lipinski definition) is 2. The average molecular weight is 419 g/mol. The zero-order valence-electron chi connectivity index (χ0n) is 14.8. The molecule has 132 valence electrons. The lowest BCUT2D eigenvalue weighted by molar-refractivity contribution is 0.214. The molecule has 2 amide bonds. The molecule has 3 nitrogen and oxygen atoms in total. The monoisotopic (exact) mass is 418 g/mol. The number of nitrogens with one attached hydrogen (secondary N) is 1. The first-order chi connectivity index (χ1) is 11.8. The molecule has 1 fully saturated rings. The third-order valence-electron chi connectivity index (χ3n) is 4.31. The molecule has 0 saturated carbocycles. The molecular formula is C20H23BrN2OS. The van der Waals surface area contributed by atoms with Gasteiger partial charge in [0.25, 0.3) is 0 Å². The number of amides is 2. The Morgan fingerprint density at radius 3 is 2.36 bits per heavy atom. The SMILES string of the molecule is CC(C)(C)c1ccc(NC(=O)N2CCSC2c2ccc(Br)cc2)cc1. The van der Waals surface area contributed by atoms with E-state index in [0.717, 1.165) is 28.0 Å². The molecule has 1 unspecified atom stereocenters. The fourth-order valence-corrected chi connectivity index (χ4v) is 4.35. The van der Waals surface area contributed by atoms with Gasteiger partial charge in [-0.3, -0.25) is 0 Å². The van der Waals surface area contributed by atoms with E-state index in [1.54, 1.807) is 11.8 Å². The lowest BCUT2D eigenvalue weighted by Crippen LogP contribution is -2.34. The first-order valence-corrected chi connectivity index (χ1v) is 10.2. The van der Waals surface area contributed by atoms with Crippen LogP contribution in [0.4, 0.5) is 10.5 Å². The summed E-state index contributed by atoms with van der Waals surface area (Å²) in [7, 11) is 0. The van der Waals surface area contributed by atoms with E-state index in [-0.39, 0.29) is 16.8 Å². The maximum absolute atomic E-state index is 12.7. The van der Waals surface area contributed by atoms with E-state index in [0.29, 0.717) is 0 Å². The maximum atomic E-state index is 12.7.